The summed E-state index contributed by atoms with van der Waals surface area (Å²) in [7, 11) is 0. The molecule has 5 heteroatoms. The maximum absolute atomic E-state index is 12.7. The van der Waals surface area contributed by atoms with Gasteiger partial charge in [-0.25, -0.2) is 0 Å². The van der Waals surface area contributed by atoms with Crippen LogP contribution < -0.4 is 0 Å². The summed E-state index contributed by atoms with van der Waals surface area (Å²) in [5.41, 5.74) is 1.03. The summed E-state index contributed by atoms with van der Waals surface area (Å²) in [5, 5.41) is 0. The highest BCUT2D eigenvalue weighted by atomic mass is 16.5. The number of fused-ring (bicyclic) bond motifs is 5. The molecule has 0 amide bonds. The molecule has 3 fully saturated rings. The molecule has 0 heterocycles. The van der Waals surface area contributed by atoms with Crippen LogP contribution in [0.3, 0.4) is 0 Å². The van der Waals surface area contributed by atoms with Crippen LogP contribution in [-0.4, -0.2) is 29.9 Å². The molecule has 0 radical (unpaired) electrons. The standard InChI is InChI=1S/C23H32O5/c1-13(24)27-16-7-9-22(3)15(11-16)12-19(28-14(2)25)21-17-5-6-20(26)23(17,4)10-8-18(21)22/h12,16-19,21H,5-11H2,1-4H3/t16-,17+,18+,19+,21+,22+,23+/m1/s1. The summed E-state index contributed by atoms with van der Waals surface area (Å²) in [6, 6.07) is 0. The van der Waals surface area contributed by atoms with Crippen molar-refractivity contribution in [3.63, 3.8) is 0 Å². The lowest BCUT2D eigenvalue weighted by atomic mass is 9.47. The fraction of sp³-hybridized carbons (Fsp3) is 0.783. The lowest BCUT2D eigenvalue weighted by Crippen LogP contribution is -2.55. The molecule has 28 heavy (non-hydrogen) atoms. The highest BCUT2D eigenvalue weighted by Gasteiger charge is 2.61. The van der Waals surface area contributed by atoms with E-state index in [0.717, 1.165) is 38.5 Å². The topological polar surface area (TPSA) is 69.7 Å². The predicted molar refractivity (Wildman–Crippen MR) is 103 cm³/mol. The highest BCUT2D eigenvalue weighted by Crippen LogP contribution is 2.64. The van der Waals surface area contributed by atoms with Gasteiger partial charge in [-0.15, -0.1) is 0 Å². The third-order valence-electron chi connectivity index (χ3n) is 8.41. The fourth-order valence-electron chi connectivity index (χ4n) is 7.00. The van der Waals surface area contributed by atoms with Gasteiger partial charge in [-0.05, 0) is 55.4 Å². The molecule has 4 rings (SSSR count). The molecule has 0 aromatic rings. The molecule has 0 aromatic carbocycles. The van der Waals surface area contributed by atoms with E-state index in [1.54, 1.807) is 0 Å². The van der Waals surface area contributed by atoms with Gasteiger partial charge in [0.1, 0.15) is 18.0 Å². The average molecular weight is 389 g/mol. The molecule has 0 saturated heterocycles. The Bertz CT molecular complexity index is 739. The Morgan fingerprint density at radius 1 is 0.964 bits per heavy atom. The van der Waals surface area contributed by atoms with Gasteiger partial charge < -0.3 is 9.47 Å². The van der Waals surface area contributed by atoms with Crippen LogP contribution in [0.2, 0.25) is 0 Å². The minimum atomic E-state index is -0.280. The molecule has 0 N–H and O–H groups in total. The van der Waals surface area contributed by atoms with Crippen LogP contribution in [0.25, 0.3) is 0 Å². The second-order valence-electron chi connectivity index (χ2n) is 9.87. The molecule has 0 aliphatic heterocycles. The Balaban J connectivity index is 1.71. The van der Waals surface area contributed by atoms with Crippen LogP contribution in [0.4, 0.5) is 0 Å². The molecule has 154 valence electrons. The molecule has 0 spiro atoms. The molecule has 0 unspecified atom stereocenters. The number of ketones is 1. The minimum absolute atomic E-state index is 0.0327. The van der Waals surface area contributed by atoms with Crippen molar-refractivity contribution >= 4 is 17.7 Å². The van der Waals surface area contributed by atoms with Gasteiger partial charge in [0.05, 0.1) is 0 Å². The quantitative estimate of drug-likeness (QED) is 0.528. The second kappa shape index (κ2) is 6.70. The van der Waals surface area contributed by atoms with E-state index in [9.17, 15) is 14.4 Å². The molecule has 4 aliphatic rings. The van der Waals surface area contributed by atoms with Gasteiger partial charge in [-0.2, -0.15) is 0 Å². The van der Waals surface area contributed by atoms with Gasteiger partial charge in [-0.1, -0.05) is 19.4 Å². The third kappa shape index (κ3) is 2.93. The summed E-state index contributed by atoms with van der Waals surface area (Å²) in [6.45, 7) is 7.39. The van der Waals surface area contributed by atoms with E-state index < -0.39 is 0 Å². The molecule has 5 nitrogen and oxygen atoms in total. The smallest absolute Gasteiger partial charge is 0.303 e. The van der Waals surface area contributed by atoms with Crippen LogP contribution in [0.15, 0.2) is 11.6 Å². The highest BCUT2D eigenvalue weighted by molar-refractivity contribution is 5.87. The summed E-state index contributed by atoms with van der Waals surface area (Å²) in [5.74, 6) is 0.762. The number of hydrogen-bond acceptors (Lipinski definition) is 5. The van der Waals surface area contributed by atoms with Crippen LogP contribution in [0, 0.1) is 28.6 Å². The van der Waals surface area contributed by atoms with Crippen molar-refractivity contribution in [2.75, 3.05) is 0 Å². The Labute approximate surface area is 167 Å². The van der Waals surface area contributed by atoms with Gasteiger partial charge in [0.2, 0.25) is 0 Å². The van der Waals surface area contributed by atoms with E-state index in [0.29, 0.717) is 18.1 Å². The lowest BCUT2D eigenvalue weighted by Gasteiger charge is -2.58. The lowest BCUT2D eigenvalue weighted by molar-refractivity contribution is -0.159. The van der Waals surface area contributed by atoms with Crippen molar-refractivity contribution in [2.45, 2.75) is 84.8 Å². The van der Waals surface area contributed by atoms with Crippen LogP contribution in [0.5, 0.6) is 0 Å². The van der Waals surface area contributed by atoms with Crippen molar-refractivity contribution in [1.29, 1.82) is 0 Å². The maximum atomic E-state index is 12.7. The van der Waals surface area contributed by atoms with Gasteiger partial charge >= 0.3 is 11.9 Å². The molecule has 7 atom stereocenters. The van der Waals surface area contributed by atoms with E-state index in [4.69, 9.17) is 9.47 Å². The van der Waals surface area contributed by atoms with Gasteiger partial charge in [0.15, 0.2) is 0 Å². The first kappa shape index (κ1) is 19.7. The number of rotatable bonds is 2. The summed E-state index contributed by atoms with van der Waals surface area (Å²) in [4.78, 5) is 36.0. The van der Waals surface area contributed by atoms with E-state index >= 15 is 0 Å². The Morgan fingerprint density at radius 2 is 1.61 bits per heavy atom. The second-order valence-corrected chi connectivity index (χ2v) is 9.87. The minimum Gasteiger partial charge on any atom is -0.462 e. The van der Waals surface area contributed by atoms with Crippen molar-refractivity contribution in [3.05, 3.63) is 11.6 Å². The molecular formula is C23H32O5. The molecule has 0 aromatic heterocycles. The first-order valence-electron chi connectivity index (χ1n) is 10.7. The number of carbonyl (C=O) groups is 3. The van der Waals surface area contributed by atoms with Crippen LogP contribution in [-0.2, 0) is 23.9 Å². The zero-order valence-corrected chi connectivity index (χ0v) is 17.5. The number of esters is 2. The van der Waals surface area contributed by atoms with Gasteiger partial charge in [-0.3, -0.25) is 14.4 Å². The summed E-state index contributed by atoms with van der Waals surface area (Å²) >= 11 is 0. The van der Waals surface area contributed by atoms with Crippen LogP contribution in [0.1, 0.15) is 72.6 Å². The largest absolute Gasteiger partial charge is 0.462 e. The molecular weight excluding hydrogens is 356 g/mol. The SMILES string of the molecule is CC(=O)O[C@@H]1CC[C@@]2(C)C(=C[C@H](OC(C)=O)[C@@H]3[C@@H]2CC[C@]2(C)C(=O)CC[C@@H]32)C1. The zero-order chi connectivity index (χ0) is 20.3. The van der Waals surface area contributed by atoms with E-state index in [1.807, 2.05) is 0 Å². The van der Waals surface area contributed by atoms with E-state index in [1.165, 1.54) is 19.4 Å². The monoisotopic (exact) mass is 388 g/mol. The van der Waals surface area contributed by atoms with Crippen molar-refractivity contribution in [2.24, 2.45) is 28.6 Å². The maximum Gasteiger partial charge on any atom is 0.303 e. The first-order chi connectivity index (χ1) is 13.1. The Morgan fingerprint density at radius 3 is 2.29 bits per heavy atom. The number of carbonyl (C=O) groups excluding carboxylic acids is 3. The average Bonchev–Trinajstić information content (AvgIpc) is 2.90. The zero-order valence-electron chi connectivity index (χ0n) is 17.5. The third-order valence-corrected chi connectivity index (χ3v) is 8.41. The molecule has 4 aliphatic carbocycles. The van der Waals surface area contributed by atoms with Gasteiger partial charge in [0, 0.05) is 38.0 Å². The van der Waals surface area contributed by atoms with Crippen molar-refractivity contribution < 1.29 is 23.9 Å². The summed E-state index contributed by atoms with van der Waals surface area (Å²) < 4.78 is 11.3. The molecule has 3 saturated carbocycles. The molecule has 0 bridgehead atoms. The predicted octanol–water partition coefficient (Wildman–Crippen LogP) is 3.99. The number of hydrogen-bond donors (Lipinski definition) is 0. The van der Waals surface area contributed by atoms with E-state index in [-0.39, 0.29) is 46.8 Å². The van der Waals surface area contributed by atoms with Crippen LogP contribution >= 0.6 is 0 Å². The van der Waals surface area contributed by atoms with Gasteiger partial charge in [0.25, 0.3) is 0 Å². The Hall–Kier alpha value is -1.65. The number of Topliss-reactive ketones (excluding diaryl/α,β-unsaturated/α-hetero) is 1. The first-order valence-corrected chi connectivity index (χ1v) is 10.7. The normalized spacial score (nSPS) is 44.6. The summed E-state index contributed by atoms with van der Waals surface area (Å²) in [6.07, 6.45) is 7.82. The fourth-order valence-corrected chi connectivity index (χ4v) is 7.00. The Kier molecular flexibility index (Phi) is 4.71. The van der Waals surface area contributed by atoms with E-state index in [2.05, 4.69) is 19.9 Å². The van der Waals surface area contributed by atoms with Crippen molar-refractivity contribution in [3.8, 4) is 0 Å². The number of ether oxygens (including phenoxy) is 2. The van der Waals surface area contributed by atoms with Crippen molar-refractivity contribution in [1.82, 2.24) is 0 Å².